The second-order valence-electron chi connectivity index (χ2n) is 15.5. The number of hydrogen-bond acceptors (Lipinski definition) is 12. The van der Waals surface area contributed by atoms with Gasteiger partial charge in [0.25, 0.3) is 5.91 Å². The molecule has 0 aliphatic carbocycles. The molecular weight excluding hydrogens is 775 g/mol. The number of aryl methyl sites for hydroxylation is 1. The molecule has 4 amide bonds. The largest absolute Gasteiger partial charge is 0.494 e. The van der Waals surface area contributed by atoms with Gasteiger partial charge in [-0.15, -0.1) is 10.2 Å². The molecule has 0 spiro atoms. The first-order chi connectivity index (χ1) is 29.7. The summed E-state index contributed by atoms with van der Waals surface area (Å²) in [6.45, 7) is 10.5. The van der Waals surface area contributed by atoms with Crippen LogP contribution in [0.3, 0.4) is 0 Å². The lowest BCUT2D eigenvalue weighted by molar-refractivity contribution is -0.137. The van der Waals surface area contributed by atoms with Gasteiger partial charge < -0.3 is 29.7 Å². The number of rotatable bonds is 15. The lowest BCUT2D eigenvalue weighted by atomic mass is 10.0. The molecule has 2 fully saturated rings. The van der Waals surface area contributed by atoms with Crippen LogP contribution in [0.2, 0.25) is 0 Å². The Hall–Kier alpha value is -6.68. The fourth-order valence-electron chi connectivity index (χ4n) is 7.76. The van der Waals surface area contributed by atoms with Crippen molar-refractivity contribution in [2.24, 2.45) is 7.05 Å². The van der Waals surface area contributed by atoms with Gasteiger partial charge in [0.1, 0.15) is 23.8 Å². The van der Waals surface area contributed by atoms with Gasteiger partial charge in [0, 0.05) is 69.3 Å². The van der Waals surface area contributed by atoms with E-state index in [0.29, 0.717) is 38.1 Å². The van der Waals surface area contributed by atoms with Gasteiger partial charge in [-0.25, -0.2) is 9.97 Å². The first-order valence-corrected chi connectivity index (χ1v) is 20.8. The van der Waals surface area contributed by atoms with Crippen molar-refractivity contribution in [1.29, 1.82) is 0 Å². The van der Waals surface area contributed by atoms with Gasteiger partial charge in [-0.2, -0.15) is 0 Å². The molecule has 8 rings (SSSR count). The van der Waals surface area contributed by atoms with Crippen molar-refractivity contribution in [2.75, 3.05) is 49.5 Å². The predicted octanol–water partition coefficient (Wildman–Crippen LogP) is 4.43. The summed E-state index contributed by atoms with van der Waals surface area (Å²) in [6, 6.07) is 23.2. The van der Waals surface area contributed by atoms with Crippen LogP contribution in [0.5, 0.6) is 5.75 Å². The maximum atomic E-state index is 13.0. The highest BCUT2D eigenvalue weighted by atomic mass is 16.5. The number of imide groups is 1. The minimum Gasteiger partial charge on any atom is -0.494 e. The van der Waals surface area contributed by atoms with Crippen LogP contribution in [-0.4, -0.2) is 104 Å². The highest BCUT2D eigenvalue weighted by molar-refractivity contribution is 6.05. The molecule has 5 aromatic rings. The molecule has 0 saturated carbocycles. The zero-order valence-corrected chi connectivity index (χ0v) is 34.9. The molecule has 16 heteroatoms. The van der Waals surface area contributed by atoms with Crippen molar-refractivity contribution in [3.63, 3.8) is 0 Å². The van der Waals surface area contributed by atoms with E-state index in [4.69, 9.17) is 4.74 Å². The highest BCUT2D eigenvalue weighted by Gasteiger charge is 2.39. The third kappa shape index (κ3) is 10.7. The minimum absolute atomic E-state index is 0.0192. The van der Waals surface area contributed by atoms with E-state index < -0.39 is 6.04 Å². The van der Waals surface area contributed by atoms with E-state index >= 15 is 0 Å². The number of piperazine rings is 1. The van der Waals surface area contributed by atoms with Crippen molar-refractivity contribution in [2.45, 2.75) is 64.7 Å². The number of amides is 4. The van der Waals surface area contributed by atoms with Crippen LogP contribution < -0.4 is 25.6 Å². The van der Waals surface area contributed by atoms with Gasteiger partial charge in [0.15, 0.2) is 11.6 Å². The zero-order valence-electron chi connectivity index (χ0n) is 34.9. The molecule has 0 bridgehead atoms. The summed E-state index contributed by atoms with van der Waals surface area (Å²) in [6.07, 6.45) is 6.60. The predicted molar refractivity (Wildman–Crippen MR) is 230 cm³/mol. The number of ether oxygens (including phenoxy) is 1. The van der Waals surface area contributed by atoms with Crippen molar-refractivity contribution >= 4 is 35.5 Å². The summed E-state index contributed by atoms with van der Waals surface area (Å²) in [7, 11) is 1.94. The quantitative estimate of drug-likeness (QED) is 0.0770. The molecule has 3 aromatic carbocycles. The smallest absolute Gasteiger partial charge is 0.255 e. The Balaban J connectivity index is 0.000000224. The van der Waals surface area contributed by atoms with E-state index in [1.54, 1.807) is 11.1 Å². The Kier molecular flexibility index (Phi) is 14.0. The molecule has 318 valence electrons. The molecule has 61 heavy (non-hydrogen) atoms. The number of benzene rings is 3. The van der Waals surface area contributed by atoms with Crippen LogP contribution in [0.15, 0.2) is 85.3 Å². The lowest BCUT2D eigenvalue weighted by Crippen LogP contribution is -2.52. The monoisotopic (exact) mass is 827 g/mol. The third-order valence-electron chi connectivity index (χ3n) is 11.3. The summed E-state index contributed by atoms with van der Waals surface area (Å²) in [5.41, 5.74) is 6.79. The van der Waals surface area contributed by atoms with Gasteiger partial charge in [-0.1, -0.05) is 24.3 Å². The van der Waals surface area contributed by atoms with Gasteiger partial charge >= 0.3 is 0 Å². The number of nitrogens with one attached hydrogen (secondary N) is 3. The Morgan fingerprint density at radius 3 is 2.52 bits per heavy atom. The maximum Gasteiger partial charge on any atom is 0.255 e. The van der Waals surface area contributed by atoms with Crippen LogP contribution in [0.1, 0.15) is 71.5 Å². The molecule has 16 nitrogen and oxygen atoms in total. The molecule has 3 aliphatic rings. The number of nitrogens with zero attached hydrogens (tertiary/aromatic N) is 8. The average Bonchev–Trinajstić information content (AvgIpc) is 3.81. The fourth-order valence-corrected chi connectivity index (χ4v) is 7.76. The zero-order chi connectivity index (χ0) is 42.7. The van der Waals surface area contributed by atoms with Crippen molar-refractivity contribution in [1.82, 2.24) is 45.2 Å². The molecule has 5 heterocycles. The Morgan fingerprint density at radius 2 is 1.79 bits per heavy atom. The average molecular weight is 828 g/mol. The highest BCUT2D eigenvalue weighted by Crippen LogP contribution is 2.31. The van der Waals surface area contributed by atoms with E-state index in [0.717, 1.165) is 91.2 Å². The lowest BCUT2D eigenvalue weighted by Gasteiger charge is -2.36. The van der Waals surface area contributed by atoms with Crippen molar-refractivity contribution in [3.05, 3.63) is 113 Å². The van der Waals surface area contributed by atoms with E-state index in [1.807, 2.05) is 73.1 Å². The van der Waals surface area contributed by atoms with Crippen LogP contribution in [-0.2, 0) is 34.5 Å². The Morgan fingerprint density at radius 1 is 0.967 bits per heavy atom. The van der Waals surface area contributed by atoms with Gasteiger partial charge in [-0.3, -0.25) is 29.4 Å². The van der Waals surface area contributed by atoms with Gasteiger partial charge in [-0.05, 0) is 105 Å². The molecule has 3 N–H and O–H groups in total. The van der Waals surface area contributed by atoms with Crippen LogP contribution in [0.25, 0.3) is 11.5 Å². The summed E-state index contributed by atoms with van der Waals surface area (Å²) < 4.78 is 7.82. The normalized spacial score (nSPS) is 16.9. The van der Waals surface area contributed by atoms with Crippen LogP contribution in [0, 0.1) is 6.92 Å². The number of fused-ring (bicyclic) bond motifs is 1. The SMILES string of the molecule is CC(NC=O)c1ccc(OCCCCN2CCN(c3ccc4c(c3)CN(C3CCC(=O)NC3=O)C4=O)CC2)cc1.Cc1cccc(NCc2nnc(-c3ccncn3)n2C)c1. The van der Waals surface area contributed by atoms with Crippen molar-refractivity contribution in [3.8, 4) is 17.3 Å². The van der Waals surface area contributed by atoms with Gasteiger partial charge in [0.05, 0.1) is 19.2 Å². The molecular formula is C45H53N11O5. The Bertz CT molecular complexity index is 2290. The number of piperidine rings is 1. The summed E-state index contributed by atoms with van der Waals surface area (Å²) in [5, 5.41) is 16.9. The van der Waals surface area contributed by atoms with E-state index in [2.05, 4.69) is 71.0 Å². The van der Waals surface area contributed by atoms with Crippen molar-refractivity contribution < 1.29 is 23.9 Å². The molecule has 0 radical (unpaired) electrons. The van der Waals surface area contributed by atoms with Crippen LogP contribution >= 0.6 is 0 Å². The molecule has 2 unspecified atom stereocenters. The van der Waals surface area contributed by atoms with E-state index in [1.165, 1.54) is 11.9 Å². The van der Waals surface area contributed by atoms with Gasteiger partial charge in [0.2, 0.25) is 18.2 Å². The third-order valence-corrected chi connectivity index (χ3v) is 11.3. The number of carbonyl (C=O) groups is 4. The topological polar surface area (TPSA) is 180 Å². The first-order valence-electron chi connectivity index (χ1n) is 20.8. The summed E-state index contributed by atoms with van der Waals surface area (Å²) in [5.74, 6) is 1.63. The summed E-state index contributed by atoms with van der Waals surface area (Å²) in [4.78, 5) is 61.9. The van der Waals surface area contributed by atoms with E-state index in [-0.39, 0.29) is 30.2 Å². The molecule has 2 saturated heterocycles. The van der Waals surface area contributed by atoms with E-state index in [9.17, 15) is 19.2 Å². The fraction of sp³-hybridized carbons (Fsp3) is 0.378. The maximum absolute atomic E-state index is 13.0. The number of hydrogen-bond donors (Lipinski definition) is 3. The molecule has 2 atom stereocenters. The number of anilines is 2. The first kappa shape index (κ1) is 42.4. The second kappa shape index (κ2) is 20.1. The standard InChI is InChI=1S/C30H37N5O5.C15H16N6/c1-21(31-20-36)22-4-7-25(8-5-22)40-17-3-2-12-33-13-15-34(16-14-33)24-6-9-26-23(18-24)19-35(30(26)39)27-10-11-28(37)32-29(27)38;1-11-4-3-5-12(8-11)17-9-14-19-20-15(21(14)2)13-6-7-16-10-18-13/h4-9,18,20-21,27H,2-3,10-17,19H2,1H3,(H,31,36)(H,32,37,38);3-8,10,17H,9H2,1-2H3. The Labute approximate surface area is 355 Å². The van der Waals surface area contributed by atoms with Crippen LogP contribution in [0.4, 0.5) is 11.4 Å². The number of unbranched alkanes of at least 4 members (excludes halogenated alkanes) is 1. The molecule has 3 aliphatic heterocycles. The molecule has 2 aromatic heterocycles. The number of aromatic nitrogens is 5. The second-order valence-corrected chi connectivity index (χ2v) is 15.5. The number of carbonyl (C=O) groups excluding carboxylic acids is 4. The summed E-state index contributed by atoms with van der Waals surface area (Å²) >= 11 is 0. The minimum atomic E-state index is -0.587.